The Balaban J connectivity index is 1.58. The summed E-state index contributed by atoms with van der Waals surface area (Å²) in [6.07, 6.45) is -4.38. The number of thioether (sulfide) groups is 1. The molecule has 6 heteroatoms. The monoisotopic (exact) mass is 361 g/mol. The van der Waals surface area contributed by atoms with Crippen LogP contribution in [0, 0.1) is 0 Å². The number of carbonyl (C=O) groups is 1. The lowest BCUT2D eigenvalue weighted by molar-refractivity contribution is -0.137. The van der Waals surface area contributed by atoms with Crippen molar-refractivity contribution in [2.45, 2.75) is 11.1 Å². The van der Waals surface area contributed by atoms with Crippen LogP contribution in [-0.4, -0.2) is 11.7 Å². The molecule has 0 spiro atoms. The minimum atomic E-state index is -4.38. The van der Waals surface area contributed by atoms with Crippen LogP contribution < -0.4 is 5.32 Å². The smallest absolute Gasteiger partial charge is 0.325 e. The second kappa shape index (κ2) is 7.19. The Morgan fingerprint density at radius 1 is 0.920 bits per heavy atom. The van der Waals surface area contributed by atoms with E-state index in [9.17, 15) is 18.0 Å². The van der Waals surface area contributed by atoms with Crippen molar-refractivity contribution in [2.24, 2.45) is 0 Å². The number of hydrogen-bond donors (Lipinski definition) is 1. The highest BCUT2D eigenvalue weighted by Crippen LogP contribution is 2.30. The second-order valence-electron chi connectivity index (χ2n) is 5.42. The minimum Gasteiger partial charge on any atom is -0.325 e. The van der Waals surface area contributed by atoms with Gasteiger partial charge in [-0.25, -0.2) is 0 Å². The zero-order valence-corrected chi connectivity index (χ0v) is 13.8. The Morgan fingerprint density at radius 3 is 2.28 bits per heavy atom. The van der Waals surface area contributed by atoms with Crippen molar-refractivity contribution in [1.29, 1.82) is 0 Å². The third kappa shape index (κ3) is 4.54. The topological polar surface area (TPSA) is 29.1 Å². The van der Waals surface area contributed by atoms with Crippen LogP contribution in [0.2, 0.25) is 0 Å². The first-order valence-electron chi connectivity index (χ1n) is 7.50. The van der Waals surface area contributed by atoms with Crippen LogP contribution in [0.1, 0.15) is 5.56 Å². The van der Waals surface area contributed by atoms with E-state index in [4.69, 9.17) is 0 Å². The number of benzene rings is 3. The van der Waals surface area contributed by atoms with E-state index in [0.717, 1.165) is 27.8 Å². The lowest BCUT2D eigenvalue weighted by Crippen LogP contribution is -2.14. The number of amides is 1. The highest BCUT2D eigenvalue weighted by atomic mass is 32.2. The molecule has 0 aliphatic rings. The maximum absolute atomic E-state index is 12.5. The van der Waals surface area contributed by atoms with Gasteiger partial charge < -0.3 is 5.32 Å². The van der Waals surface area contributed by atoms with Gasteiger partial charge in [-0.05, 0) is 47.2 Å². The van der Waals surface area contributed by atoms with E-state index < -0.39 is 11.7 Å². The lowest BCUT2D eigenvalue weighted by atomic mass is 10.1. The summed E-state index contributed by atoms with van der Waals surface area (Å²) in [5.74, 6) is -0.0859. The van der Waals surface area contributed by atoms with Crippen molar-refractivity contribution in [3.8, 4) is 0 Å². The fraction of sp³-hybridized carbons (Fsp3) is 0.105. The standard InChI is InChI=1S/C19H14F3NOS/c20-19(21,22)15-6-8-16(9-7-15)23-18(24)12-25-17-10-5-13-3-1-2-4-14(13)11-17/h1-11H,12H2,(H,23,24). The van der Waals surface area contributed by atoms with Gasteiger partial charge in [0.25, 0.3) is 0 Å². The molecular formula is C19H14F3NOS. The zero-order chi connectivity index (χ0) is 17.9. The molecule has 0 heterocycles. The molecule has 128 valence electrons. The number of rotatable bonds is 4. The van der Waals surface area contributed by atoms with Gasteiger partial charge in [-0.15, -0.1) is 11.8 Å². The molecule has 0 bridgehead atoms. The highest BCUT2D eigenvalue weighted by molar-refractivity contribution is 8.00. The predicted octanol–water partition coefficient (Wildman–Crippen LogP) is 5.59. The summed E-state index contributed by atoms with van der Waals surface area (Å²) in [5, 5.41) is 4.82. The molecular weight excluding hydrogens is 347 g/mol. The van der Waals surface area contributed by atoms with E-state index in [2.05, 4.69) is 5.32 Å². The summed E-state index contributed by atoms with van der Waals surface area (Å²) in [7, 11) is 0. The maximum Gasteiger partial charge on any atom is 0.416 e. The van der Waals surface area contributed by atoms with E-state index >= 15 is 0 Å². The molecule has 25 heavy (non-hydrogen) atoms. The molecule has 3 aromatic carbocycles. The molecule has 0 fully saturated rings. The van der Waals surface area contributed by atoms with Crippen molar-refractivity contribution < 1.29 is 18.0 Å². The quantitative estimate of drug-likeness (QED) is 0.614. The summed E-state index contributed by atoms with van der Waals surface area (Å²) in [5.41, 5.74) is -0.395. The Bertz CT molecular complexity index is 891. The zero-order valence-electron chi connectivity index (χ0n) is 13.0. The third-order valence-corrected chi connectivity index (χ3v) is 4.58. The number of alkyl halides is 3. The van der Waals surface area contributed by atoms with Crippen LogP contribution >= 0.6 is 11.8 Å². The average molecular weight is 361 g/mol. The van der Waals surface area contributed by atoms with Crippen LogP contribution in [0.25, 0.3) is 10.8 Å². The number of fused-ring (bicyclic) bond motifs is 1. The van der Waals surface area contributed by atoms with Crippen LogP contribution in [0.4, 0.5) is 18.9 Å². The summed E-state index contributed by atoms with van der Waals surface area (Å²) in [6.45, 7) is 0. The number of carbonyl (C=O) groups excluding carboxylic acids is 1. The molecule has 0 aromatic heterocycles. The molecule has 2 nitrogen and oxygen atoms in total. The number of nitrogens with one attached hydrogen (secondary N) is 1. The largest absolute Gasteiger partial charge is 0.416 e. The predicted molar refractivity (Wildman–Crippen MR) is 94.7 cm³/mol. The molecule has 3 rings (SSSR count). The van der Waals surface area contributed by atoms with Gasteiger partial charge in [0.2, 0.25) is 5.91 Å². The molecule has 1 amide bonds. The van der Waals surface area contributed by atoms with Crippen LogP contribution in [0.3, 0.4) is 0 Å². The van der Waals surface area contributed by atoms with Crippen molar-refractivity contribution in [3.05, 3.63) is 72.3 Å². The van der Waals surface area contributed by atoms with E-state index in [-0.39, 0.29) is 11.7 Å². The molecule has 0 radical (unpaired) electrons. The van der Waals surface area contributed by atoms with E-state index in [1.54, 1.807) is 0 Å². The Hall–Kier alpha value is -2.47. The van der Waals surface area contributed by atoms with E-state index in [1.807, 2.05) is 42.5 Å². The van der Waals surface area contributed by atoms with Crippen LogP contribution in [0.15, 0.2) is 71.6 Å². The lowest BCUT2D eigenvalue weighted by Gasteiger charge is -2.09. The normalized spacial score (nSPS) is 11.5. The molecule has 3 aromatic rings. The van der Waals surface area contributed by atoms with Crippen molar-refractivity contribution in [3.63, 3.8) is 0 Å². The number of anilines is 1. The summed E-state index contributed by atoms with van der Waals surface area (Å²) in [4.78, 5) is 12.9. The fourth-order valence-corrected chi connectivity index (χ4v) is 3.09. The van der Waals surface area contributed by atoms with Crippen molar-refractivity contribution in [1.82, 2.24) is 0 Å². The van der Waals surface area contributed by atoms with Gasteiger partial charge >= 0.3 is 6.18 Å². The van der Waals surface area contributed by atoms with Gasteiger partial charge in [-0.1, -0.05) is 30.3 Å². The first-order chi connectivity index (χ1) is 11.9. The summed E-state index contributed by atoms with van der Waals surface area (Å²) in [6, 6.07) is 18.3. The summed E-state index contributed by atoms with van der Waals surface area (Å²) >= 11 is 1.38. The van der Waals surface area contributed by atoms with Gasteiger partial charge in [0.1, 0.15) is 0 Å². The minimum absolute atomic E-state index is 0.180. The van der Waals surface area contributed by atoms with Crippen LogP contribution in [-0.2, 0) is 11.0 Å². The molecule has 0 aliphatic heterocycles. The molecule has 0 unspecified atom stereocenters. The van der Waals surface area contributed by atoms with Gasteiger partial charge in [0.05, 0.1) is 11.3 Å². The van der Waals surface area contributed by atoms with Gasteiger partial charge in [-0.3, -0.25) is 4.79 Å². The first kappa shape index (κ1) is 17.4. The molecule has 0 saturated heterocycles. The van der Waals surface area contributed by atoms with Gasteiger partial charge in [0, 0.05) is 10.6 Å². The Kier molecular flexibility index (Phi) is 4.99. The molecule has 0 saturated carbocycles. The fourth-order valence-electron chi connectivity index (χ4n) is 2.35. The van der Waals surface area contributed by atoms with E-state index in [1.165, 1.54) is 23.9 Å². The second-order valence-corrected chi connectivity index (χ2v) is 6.47. The SMILES string of the molecule is O=C(CSc1ccc2ccccc2c1)Nc1ccc(C(F)(F)F)cc1. The van der Waals surface area contributed by atoms with Gasteiger partial charge in [-0.2, -0.15) is 13.2 Å². The third-order valence-electron chi connectivity index (χ3n) is 3.59. The van der Waals surface area contributed by atoms with Gasteiger partial charge in [0.15, 0.2) is 0 Å². The maximum atomic E-state index is 12.5. The highest BCUT2D eigenvalue weighted by Gasteiger charge is 2.29. The first-order valence-corrected chi connectivity index (χ1v) is 8.49. The molecule has 1 N–H and O–H groups in total. The van der Waals surface area contributed by atoms with E-state index in [0.29, 0.717) is 5.69 Å². The van der Waals surface area contributed by atoms with Crippen molar-refractivity contribution >= 4 is 34.1 Å². The van der Waals surface area contributed by atoms with Crippen molar-refractivity contribution in [2.75, 3.05) is 11.1 Å². The molecule has 0 atom stereocenters. The number of hydrogen-bond acceptors (Lipinski definition) is 2. The van der Waals surface area contributed by atoms with Crippen LogP contribution in [0.5, 0.6) is 0 Å². The Morgan fingerprint density at radius 2 is 1.60 bits per heavy atom. The molecule has 0 aliphatic carbocycles. The summed E-state index contributed by atoms with van der Waals surface area (Å²) < 4.78 is 37.5. The number of halogens is 3. The Labute approximate surface area is 147 Å². The average Bonchev–Trinajstić information content (AvgIpc) is 2.59.